The Kier molecular flexibility index (Phi) is 10.4. The van der Waals surface area contributed by atoms with E-state index in [1.54, 1.807) is 0 Å². The van der Waals surface area contributed by atoms with Gasteiger partial charge in [0, 0.05) is 13.1 Å². The molecule has 2 aromatic rings. The maximum Gasteiger partial charge on any atom is 0.241 e. The number of rotatable bonds is 6. The summed E-state index contributed by atoms with van der Waals surface area (Å²) >= 11 is 0. The number of hydrogen-bond acceptors (Lipinski definition) is 3. The molecular weight excluding hydrogens is 381 g/mol. The van der Waals surface area contributed by atoms with Crippen molar-refractivity contribution in [3.05, 3.63) is 71.3 Å². The van der Waals surface area contributed by atoms with E-state index in [1.165, 1.54) is 37.9 Å². The molecule has 2 aromatic carbocycles. The fourth-order valence-corrected chi connectivity index (χ4v) is 3.25. The maximum atomic E-state index is 12.2. The Hall–Kier alpha value is -1.59. The monoisotopic (exact) mass is 409 g/mol. The van der Waals surface area contributed by atoms with Crippen molar-refractivity contribution in [1.29, 1.82) is 0 Å². The van der Waals surface area contributed by atoms with Crippen LogP contribution in [0.15, 0.2) is 54.6 Å². The van der Waals surface area contributed by atoms with Crippen LogP contribution in [-0.2, 0) is 17.9 Å². The van der Waals surface area contributed by atoms with Crippen molar-refractivity contribution >= 4 is 30.7 Å². The van der Waals surface area contributed by atoms with Gasteiger partial charge in [-0.2, -0.15) is 0 Å². The first-order valence-electron chi connectivity index (χ1n) is 9.11. The summed E-state index contributed by atoms with van der Waals surface area (Å²) in [5, 5.41) is 2.92. The molecule has 1 saturated heterocycles. The smallest absolute Gasteiger partial charge is 0.241 e. The number of halogens is 2. The zero-order chi connectivity index (χ0) is 17.5. The summed E-state index contributed by atoms with van der Waals surface area (Å²) in [4.78, 5) is 14.7. The van der Waals surface area contributed by atoms with E-state index >= 15 is 0 Å². The van der Waals surface area contributed by atoms with Gasteiger partial charge in [0.2, 0.25) is 5.91 Å². The van der Waals surface area contributed by atoms with E-state index in [0.717, 1.165) is 17.7 Å². The van der Waals surface area contributed by atoms with Crippen molar-refractivity contribution < 1.29 is 4.79 Å². The second-order valence-corrected chi connectivity index (χ2v) is 6.76. The molecule has 0 radical (unpaired) electrons. The van der Waals surface area contributed by atoms with Gasteiger partial charge in [0.05, 0.1) is 0 Å². The Morgan fingerprint density at radius 2 is 1.52 bits per heavy atom. The summed E-state index contributed by atoms with van der Waals surface area (Å²) in [6.07, 6.45) is 3.98. The molecule has 1 aliphatic rings. The molecule has 0 spiro atoms. The van der Waals surface area contributed by atoms with E-state index in [2.05, 4.69) is 34.5 Å². The van der Waals surface area contributed by atoms with Crippen molar-refractivity contribution in [2.24, 2.45) is 5.73 Å². The number of nitrogens with two attached hydrogens (primary N) is 1. The van der Waals surface area contributed by atoms with Gasteiger partial charge in [-0.15, -0.1) is 24.8 Å². The minimum atomic E-state index is -0.625. The molecule has 1 heterocycles. The van der Waals surface area contributed by atoms with Crippen molar-refractivity contribution in [3.63, 3.8) is 0 Å². The highest BCUT2D eigenvalue weighted by Crippen LogP contribution is 2.14. The van der Waals surface area contributed by atoms with Gasteiger partial charge < -0.3 is 11.1 Å². The Labute approximate surface area is 174 Å². The number of hydrogen-bond donors (Lipinski definition) is 2. The highest BCUT2D eigenvalue weighted by molar-refractivity contribution is 5.85. The van der Waals surface area contributed by atoms with E-state index in [9.17, 15) is 4.79 Å². The minimum absolute atomic E-state index is 0. The van der Waals surface area contributed by atoms with Crippen LogP contribution in [0.4, 0.5) is 0 Å². The number of piperidine rings is 1. The van der Waals surface area contributed by atoms with Crippen LogP contribution >= 0.6 is 24.8 Å². The molecule has 0 saturated carbocycles. The van der Waals surface area contributed by atoms with Crippen molar-refractivity contribution in [2.75, 3.05) is 13.1 Å². The van der Waals surface area contributed by atoms with Gasteiger partial charge in [-0.1, -0.05) is 61.0 Å². The van der Waals surface area contributed by atoms with Crippen LogP contribution in [0, 0.1) is 0 Å². The second kappa shape index (κ2) is 12.0. The predicted molar refractivity (Wildman–Crippen MR) is 115 cm³/mol. The van der Waals surface area contributed by atoms with Crippen LogP contribution in [-0.4, -0.2) is 23.9 Å². The lowest BCUT2D eigenvalue weighted by Crippen LogP contribution is -2.33. The van der Waals surface area contributed by atoms with Gasteiger partial charge in [0.15, 0.2) is 0 Å². The topological polar surface area (TPSA) is 58.4 Å². The number of carbonyl (C=O) groups is 1. The molecule has 27 heavy (non-hydrogen) atoms. The quantitative estimate of drug-likeness (QED) is 0.761. The molecule has 148 valence electrons. The lowest BCUT2D eigenvalue weighted by Gasteiger charge is -2.26. The average molecular weight is 410 g/mol. The summed E-state index contributed by atoms with van der Waals surface area (Å²) in [6, 6.07) is 17.3. The van der Waals surface area contributed by atoms with Crippen molar-refractivity contribution in [2.45, 2.75) is 38.4 Å². The van der Waals surface area contributed by atoms with Crippen LogP contribution in [0.25, 0.3) is 0 Å². The number of benzene rings is 2. The van der Waals surface area contributed by atoms with Gasteiger partial charge in [0.1, 0.15) is 6.04 Å². The van der Waals surface area contributed by atoms with Crippen LogP contribution in [0.1, 0.15) is 42.0 Å². The standard InChI is InChI=1S/C21H27N3O.2ClH/c22-20(19-7-3-1-4-8-19)21(25)23-15-17-9-11-18(12-10-17)16-24-13-5-2-6-14-24;;/h1,3-4,7-12,20H,2,5-6,13-16,22H2,(H,23,25);2*1H. The first kappa shape index (κ1) is 23.4. The Morgan fingerprint density at radius 1 is 0.926 bits per heavy atom. The Morgan fingerprint density at radius 3 is 2.15 bits per heavy atom. The van der Waals surface area contributed by atoms with Gasteiger partial charge in [0.25, 0.3) is 0 Å². The van der Waals surface area contributed by atoms with E-state index in [0.29, 0.717) is 6.54 Å². The van der Waals surface area contributed by atoms with Crippen LogP contribution in [0.2, 0.25) is 0 Å². The molecule has 1 aliphatic heterocycles. The second-order valence-electron chi connectivity index (χ2n) is 6.76. The molecular formula is C21H29Cl2N3O. The fourth-order valence-electron chi connectivity index (χ4n) is 3.25. The Bertz CT molecular complexity index is 674. The number of nitrogens with one attached hydrogen (secondary N) is 1. The summed E-state index contributed by atoms with van der Waals surface area (Å²) in [5.74, 6) is -0.149. The third-order valence-corrected chi connectivity index (χ3v) is 4.79. The van der Waals surface area contributed by atoms with E-state index in [-0.39, 0.29) is 30.7 Å². The summed E-state index contributed by atoms with van der Waals surface area (Å²) in [6.45, 7) is 3.93. The third-order valence-electron chi connectivity index (χ3n) is 4.79. The van der Waals surface area contributed by atoms with E-state index in [4.69, 9.17) is 5.73 Å². The fraction of sp³-hybridized carbons (Fsp3) is 0.381. The molecule has 0 bridgehead atoms. The summed E-state index contributed by atoms with van der Waals surface area (Å²) < 4.78 is 0. The summed E-state index contributed by atoms with van der Waals surface area (Å²) in [7, 11) is 0. The van der Waals surface area contributed by atoms with Crippen LogP contribution in [0.5, 0.6) is 0 Å². The molecule has 6 heteroatoms. The molecule has 1 amide bonds. The zero-order valence-corrected chi connectivity index (χ0v) is 17.1. The normalized spacial score (nSPS) is 15.1. The van der Waals surface area contributed by atoms with E-state index in [1.807, 2.05) is 30.3 Å². The van der Waals surface area contributed by atoms with Crippen LogP contribution < -0.4 is 11.1 Å². The highest BCUT2D eigenvalue weighted by Gasteiger charge is 2.15. The average Bonchev–Trinajstić information content (AvgIpc) is 2.68. The predicted octanol–water partition coefficient (Wildman–Crippen LogP) is 3.83. The Balaban J connectivity index is 0.00000182. The molecule has 1 fully saturated rings. The first-order chi connectivity index (χ1) is 12.2. The number of carbonyl (C=O) groups excluding carboxylic acids is 1. The van der Waals surface area contributed by atoms with Gasteiger partial charge in [-0.3, -0.25) is 9.69 Å². The molecule has 3 rings (SSSR count). The largest absolute Gasteiger partial charge is 0.350 e. The lowest BCUT2D eigenvalue weighted by molar-refractivity contribution is -0.122. The first-order valence-corrected chi connectivity index (χ1v) is 9.11. The van der Waals surface area contributed by atoms with Crippen molar-refractivity contribution in [3.8, 4) is 0 Å². The van der Waals surface area contributed by atoms with E-state index < -0.39 is 6.04 Å². The number of amides is 1. The molecule has 1 atom stereocenters. The third kappa shape index (κ3) is 7.15. The van der Waals surface area contributed by atoms with Gasteiger partial charge in [-0.05, 0) is 42.6 Å². The SMILES string of the molecule is Cl.Cl.NC(C(=O)NCc1ccc(CN2CCCCC2)cc1)c1ccccc1. The molecule has 3 N–H and O–H groups in total. The van der Waals surface area contributed by atoms with Gasteiger partial charge >= 0.3 is 0 Å². The molecule has 1 unspecified atom stereocenters. The molecule has 4 nitrogen and oxygen atoms in total. The lowest BCUT2D eigenvalue weighted by atomic mass is 10.1. The zero-order valence-electron chi connectivity index (χ0n) is 15.5. The summed E-state index contributed by atoms with van der Waals surface area (Å²) in [5.41, 5.74) is 9.27. The minimum Gasteiger partial charge on any atom is -0.350 e. The maximum absolute atomic E-state index is 12.2. The molecule has 0 aliphatic carbocycles. The van der Waals surface area contributed by atoms with Crippen LogP contribution in [0.3, 0.4) is 0 Å². The van der Waals surface area contributed by atoms with Gasteiger partial charge in [-0.25, -0.2) is 0 Å². The van der Waals surface area contributed by atoms with Crippen molar-refractivity contribution in [1.82, 2.24) is 10.2 Å². The highest BCUT2D eigenvalue weighted by atomic mass is 35.5. The molecule has 0 aromatic heterocycles. The number of nitrogens with zero attached hydrogens (tertiary/aromatic N) is 1. The number of likely N-dealkylation sites (tertiary alicyclic amines) is 1.